The highest BCUT2D eigenvalue weighted by Crippen LogP contribution is 2.21. The lowest BCUT2D eigenvalue weighted by molar-refractivity contribution is -0.121. The molecule has 0 aliphatic rings. The summed E-state index contributed by atoms with van der Waals surface area (Å²) in [6, 6.07) is 7.60. The van der Waals surface area contributed by atoms with Gasteiger partial charge in [-0.05, 0) is 24.6 Å². The Bertz CT molecular complexity index is 566. The van der Waals surface area contributed by atoms with Crippen LogP contribution in [0.25, 0.3) is 0 Å². The van der Waals surface area contributed by atoms with Gasteiger partial charge in [0.25, 0.3) is 0 Å². The maximum Gasteiger partial charge on any atom is 0.221 e. The van der Waals surface area contributed by atoms with Gasteiger partial charge < -0.3 is 10.1 Å². The molecule has 0 saturated heterocycles. The van der Waals surface area contributed by atoms with Crippen LogP contribution in [0.3, 0.4) is 0 Å². The van der Waals surface area contributed by atoms with E-state index < -0.39 is 9.84 Å². The Hall–Kier alpha value is -1.56. The van der Waals surface area contributed by atoms with Crippen LogP contribution in [0.1, 0.15) is 31.7 Å². The minimum absolute atomic E-state index is 0.00148. The van der Waals surface area contributed by atoms with Crippen LogP contribution in [0.4, 0.5) is 0 Å². The van der Waals surface area contributed by atoms with E-state index in [4.69, 9.17) is 4.74 Å². The molecule has 0 bridgehead atoms. The van der Waals surface area contributed by atoms with Crippen molar-refractivity contribution in [2.75, 3.05) is 19.1 Å². The molecule has 1 aromatic rings. The second-order valence-electron chi connectivity index (χ2n) is 5.30. The number of ether oxygens (including phenoxy) is 1. The van der Waals surface area contributed by atoms with Crippen LogP contribution in [0.2, 0.25) is 0 Å². The minimum Gasteiger partial charge on any atom is -0.497 e. The molecule has 118 valence electrons. The summed E-state index contributed by atoms with van der Waals surface area (Å²) in [4.78, 5) is 11.7. The van der Waals surface area contributed by atoms with E-state index in [1.54, 1.807) is 7.11 Å². The Balaban J connectivity index is 2.57. The number of carbonyl (C=O) groups is 1. The first-order chi connectivity index (χ1) is 9.73. The smallest absolute Gasteiger partial charge is 0.221 e. The molecule has 5 nitrogen and oxygen atoms in total. The van der Waals surface area contributed by atoms with Gasteiger partial charge in [-0.1, -0.05) is 19.1 Å². The molecular weight excluding hydrogens is 290 g/mol. The van der Waals surface area contributed by atoms with Crippen LogP contribution in [0.15, 0.2) is 24.3 Å². The molecule has 1 N–H and O–H groups in total. The third kappa shape index (κ3) is 6.16. The highest BCUT2D eigenvalue weighted by Gasteiger charge is 2.17. The quantitative estimate of drug-likeness (QED) is 0.832. The molecule has 0 aliphatic heterocycles. The number of benzene rings is 1. The molecule has 0 saturated carbocycles. The highest BCUT2D eigenvalue weighted by atomic mass is 32.2. The topological polar surface area (TPSA) is 72.5 Å². The normalized spacial score (nSPS) is 14.3. The molecule has 2 atom stereocenters. The summed E-state index contributed by atoms with van der Waals surface area (Å²) in [7, 11) is -1.50. The molecule has 1 rings (SSSR count). The van der Waals surface area contributed by atoms with E-state index in [0.29, 0.717) is 0 Å². The van der Waals surface area contributed by atoms with E-state index in [0.717, 1.165) is 17.6 Å². The summed E-state index contributed by atoms with van der Waals surface area (Å²) in [6.45, 7) is 3.93. The number of hydrogen-bond donors (Lipinski definition) is 1. The largest absolute Gasteiger partial charge is 0.497 e. The van der Waals surface area contributed by atoms with Crippen molar-refractivity contribution in [3.8, 4) is 5.75 Å². The molecule has 0 aliphatic carbocycles. The van der Waals surface area contributed by atoms with E-state index in [-0.39, 0.29) is 30.0 Å². The van der Waals surface area contributed by atoms with E-state index in [9.17, 15) is 13.2 Å². The number of rotatable bonds is 7. The third-order valence-corrected chi connectivity index (χ3v) is 4.43. The predicted molar refractivity (Wildman–Crippen MR) is 83.3 cm³/mol. The second-order valence-corrected chi connectivity index (χ2v) is 7.56. The summed E-state index contributed by atoms with van der Waals surface area (Å²) in [5.41, 5.74) is 1.09. The summed E-state index contributed by atoms with van der Waals surface area (Å²) in [6.07, 6.45) is 1.13. The van der Waals surface area contributed by atoms with Gasteiger partial charge in [-0.3, -0.25) is 4.79 Å². The number of hydrogen-bond acceptors (Lipinski definition) is 4. The Morgan fingerprint density at radius 2 is 1.81 bits per heavy atom. The maximum absolute atomic E-state index is 11.7. The van der Waals surface area contributed by atoms with Crippen molar-refractivity contribution in [2.45, 2.75) is 32.2 Å². The molecule has 0 heterocycles. The van der Waals surface area contributed by atoms with Crippen molar-refractivity contribution >= 4 is 15.7 Å². The van der Waals surface area contributed by atoms with Gasteiger partial charge in [0.2, 0.25) is 5.91 Å². The van der Waals surface area contributed by atoms with Gasteiger partial charge in [-0.15, -0.1) is 0 Å². The molecule has 1 aromatic carbocycles. The summed E-state index contributed by atoms with van der Waals surface area (Å²) < 4.78 is 27.2. The first-order valence-corrected chi connectivity index (χ1v) is 8.90. The van der Waals surface area contributed by atoms with Crippen LogP contribution < -0.4 is 10.1 Å². The van der Waals surface area contributed by atoms with Crippen LogP contribution in [-0.2, 0) is 14.6 Å². The van der Waals surface area contributed by atoms with E-state index >= 15 is 0 Å². The highest BCUT2D eigenvalue weighted by molar-refractivity contribution is 7.90. The summed E-state index contributed by atoms with van der Waals surface area (Å²) in [5.74, 6) is 0.546. The van der Waals surface area contributed by atoms with E-state index in [1.165, 1.54) is 0 Å². The molecule has 1 amide bonds. The van der Waals surface area contributed by atoms with Gasteiger partial charge in [-0.25, -0.2) is 8.42 Å². The second kappa shape index (κ2) is 7.45. The zero-order valence-electron chi connectivity index (χ0n) is 12.9. The van der Waals surface area contributed by atoms with Crippen LogP contribution >= 0.6 is 0 Å². The van der Waals surface area contributed by atoms with Gasteiger partial charge in [0.1, 0.15) is 15.6 Å². The van der Waals surface area contributed by atoms with Crippen molar-refractivity contribution in [2.24, 2.45) is 0 Å². The monoisotopic (exact) mass is 313 g/mol. The molecular formula is C15H23NO4S. The van der Waals surface area contributed by atoms with E-state index in [2.05, 4.69) is 5.32 Å². The Morgan fingerprint density at radius 3 is 2.29 bits per heavy atom. The molecule has 0 fully saturated rings. The van der Waals surface area contributed by atoms with Crippen molar-refractivity contribution in [3.63, 3.8) is 0 Å². The SMILES string of the molecule is COc1ccc(C(C)C(C)NC(=O)CCS(C)(=O)=O)cc1. The average molecular weight is 313 g/mol. The lowest BCUT2D eigenvalue weighted by Crippen LogP contribution is -2.36. The number of nitrogens with one attached hydrogen (secondary N) is 1. The Morgan fingerprint density at radius 1 is 1.24 bits per heavy atom. The summed E-state index contributed by atoms with van der Waals surface area (Å²) >= 11 is 0. The predicted octanol–water partition coefficient (Wildman–Crippen LogP) is 1.74. The maximum atomic E-state index is 11.7. The number of carbonyl (C=O) groups excluding carboxylic acids is 1. The standard InChI is InChI=1S/C15H23NO4S/c1-11(13-5-7-14(20-3)8-6-13)12(2)16-15(17)9-10-21(4,18)19/h5-8,11-12H,9-10H2,1-4H3,(H,16,17). The minimum atomic E-state index is -3.11. The number of amides is 1. The van der Waals surface area contributed by atoms with Crippen LogP contribution in [0.5, 0.6) is 5.75 Å². The zero-order valence-corrected chi connectivity index (χ0v) is 13.7. The fourth-order valence-electron chi connectivity index (χ4n) is 1.93. The van der Waals surface area contributed by atoms with Crippen molar-refractivity contribution < 1.29 is 17.9 Å². The fraction of sp³-hybridized carbons (Fsp3) is 0.533. The lowest BCUT2D eigenvalue weighted by Gasteiger charge is -2.22. The molecule has 2 unspecified atom stereocenters. The Labute approximate surface area is 126 Å². The van der Waals surface area contributed by atoms with Crippen LogP contribution in [-0.4, -0.2) is 39.5 Å². The van der Waals surface area contributed by atoms with Gasteiger partial charge in [-0.2, -0.15) is 0 Å². The molecule has 6 heteroatoms. The zero-order chi connectivity index (χ0) is 16.0. The lowest BCUT2D eigenvalue weighted by atomic mass is 9.94. The average Bonchev–Trinajstić information content (AvgIpc) is 2.43. The van der Waals surface area contributed by atoms with Crippen molar-refractivity contribution in [3.05, 3.63) is 29.8 Å². The van der Waals surface area contributed by atoms with Gasteiger partial charge in [0.15, 0.2) is 0 Å². The molecule has 0 spiro atoms. The van der Waals surface area contributed by atoms with Gasteiger partial charge in [0.05, 0.1) is 12.9 Å². The number of sulfone groups is 1. The molecule has 21 heavy (non-hydrogen) atoms. The molecule has 0 aromatic heterocycles. The van der Waals surface area contributed by atoms with E-state index in [1.807, 2.05) is 38.1 Å². The fourth-order valence-corrected chi connectivity index (χ4v) is 2.48. The third-order valence-electron chi connectivity index (χ3n) is 3.48. The molecule has 0 radical (unpaired) electrons. The van der Waals surface area contributed by atoms with Crippen molar-refractivity contribution in [1.82, 2.24) is 5.32 Å². The summed E-state index contributed by atoms with van der Waals surface area (Å²) in [5, 5.41) is 2.84. The number of methoxy groups -OCH3 is 1. The van der Waals surface area contributed by atoms with Gasteiger partial charge >= 0.3 is 0 Å². The van der Waals surface area contributed by atoms with Crippen LogP contribution in [0, 0.1) is 0 Å². The first kappa shape index (κ1) is 17.5. The van der Waals surface area contributed by atoms with Gasteiger partial charge in [0, 0.05) is 24.6 Å². The van der Waals surface area contributed by atoms with Crippen molar-refractivity contribution in [1.29, 1.82) is 0 Å². The Kier molecular flexibility index (Phi) is 6.20. The first-order valence-electron chi connectivity index (χ1n) is 6.84.